The Bertz CT molecular complexity index is 3310. The van der Waals surface area contributed by atoms with Crippen LogP contribution in [0.15, 0.2) is 12.2 Å². The second kappa shape index (κ2) is 38.1. The highest BCUT2D eigenvalue weighted by atomic mass is 19.4. The number of nitrogens with one attached hydrogen (secondary N) is 2. The summed E-state index contributed by atoms with van der Waals surface area (Å²) < 4.78 is 97.2. The lowest BCUT2D eigenvalue weighted by Gasteiger charge is -2.51. The zero-order valence-corrected chi connectivity index (χ0v) is 66.8. The molecule has 0 aromatic rings. The van der Waals surface area contributed by atoms with Crippen molar-refractivity contribution in [3.8, 4) is 0 Å². The smallest absolute Gasteiger partial charge is 0.381 e. The van der Waals surface area contributed by atoms with Gasteiger partial charge in [0.2, 0.25) is 70.9 Å². The molecule has 110 heavy (non-hydrogen) atoms. The van der Waals surface area contributed by atoms with Crippen LogP contribution in [0.5, 0.6) is 0 Å². The standard InChI is InChI=1S/C78H122F6N12O14/c1-14-24-55-66(99)86-64(47(4)15-2)73(106)94-40-22-28-57(94)70(103)90(9)56-27-18-17-21-39-95(72(56)105)59(41-48-29-33-51(34-30-48)77(79,80)81)69(102)88(7)46-62(97)85-54(36-32-49-31-35-53(78(82,83)84)61(42-49)109-13)67(100)96-45-52(110-16-3)43-60(96)71(104)93(12)76(37-23-38-76)75(108)92(11)65(50-25-19-20-26-50)74(107)91(10)58(68(101)87(5)6)44-63(98)89(55)8/h17-18,47-61,64-65H,14-16,19-46H2,1-13H3,(H,85,97)(H,86,99)/b18-17-/t47-,48?,49?,51?,52+,53?,54-,55-,56-,57-,58-,59-,60-,61?,64-,65-/m0/s1. The zero-order chi connectivity index (χ0) is 81.2. The van der Waals surface area contributed by atoms with Gasteiger partial charge in [0, 0.05) is 96.2 Å². The lowest BCUT2D eigenvalue weighted by molar-refractivity contribution is -0.215. The Morgan fingerprint density at radius 1 is 0.627 bits per heavy atom. The van der Waals surface area contributed by atoms with Crippen LogP contribution in [-0.4, -0.2) is 301 Å². The van der Waals surface area contributed by atoms with Gasteiger partial charge in [-0.1, -0.05) is 58.6 Å². The number of carbonyl (C=O) groups excluding carboxylic acids is 12. The van der Waals surface area contributed by atoms with Crippen LogP contribution < -0.4 is 10.6 Å². The number of nitrogens with zero attached hydrogens (tertiary/aromatic N) is 10. The van der Waals surface area contributed by atoms with E-state index in [4.69, 9.17) is 9.47 Å². The Kier molecular flexibility index (Phi) is 30.7. The van der Waals surface area contributed by atoms with Gasteiger partial charge in [-0.3, -0.25) is 57.5 Å². The molecule has 4 aliphatic carbocycles. The van der Waals surface area contributed by atoms with Crippen LogP contribution >= 0.6 is 0 Å². The fraction of sp³-hybridized carbons (Fsp3) is 0.821. The summed E-state index contributed by atoms with van der Waals surface area (Å²) in [6.45, 7) is 6.29. The molecular formula is C78H122F6N12O14. The van der Waals surface area contributed by atoms with Gasteiger partial charge in [-0.05, 0) is 159 Å². The van der Waals surface area contributed by atoms with Crippen molar-refractivity contribution in [2.24, 2.45) is 35.5 Å². The van der Waals surface area contributed by atoms with E-state index in [1.54, 1.807) is 32.9 Å². The van der Waals surface area contributed by atoms with E-state index in [0.29, 0.717) is 51.4 Å². The Hall–Kier alpha value is -7.12. The number of halogens is 6. The maximum Gasteiger partial charge on any atom is 0.394 e. The van der Waals surface area contributed by atoms with Crippen molar-refractivity contribution in [1.82, 2.24) is 59.6 Å². The maximum absolute atomic E-state index is 15.8. The molecule has 0 aromatic heterocycles. The summed E-state index contributed by atoms with van der Waals surface area (Å²) in [5, 5.41) is 5.76. The number of hydrogen-bond acceptors (Lipinski definition) is 14. The minimum atomic E-state index is -4.56. The fourth-order valence-corrected chi connectivity index (χ4v) is 18.5. The van der Waals surface area contributed by atoms with Gasteiger partial charge < -0.3 is 69.1 Å². The molecule has 32 heteroatoms. The van der Waals surface area contributed by atoms with Gasteiger partial charge >= 0.3 is 12.4 Å². The number of rotatable bonds is 14. The number of alkyl halides is 6. The third-order valence-corrected chi connectivity index (χ3v) is 25.7. The average Bonchev–Trinajstić information content (AvgIpc) is 1.07. The van der Waals surface area contributed by atoms with Crippen molar-refractivity contribution < 1.29 is 93.4 Å². The van der Waals surface area contributed by atoms with Crippen molar-refractivity contribution in [3.05, 3.63) is 12.2 Å². The van der Waals surface area contributed by atoms with Crippen molar-refractivity contribution >= 4 is 70.9 Å². The van der Waals surface area contributed by atoms with Crippen molar-refractivity contribution in [2.45, 2.75) is 279 Å². The molecule has 620 valence electrons. The number of methoxy groups -OCH3 is 1. The largest absolute Gasteiger partial charge is 0.394 e. The molecule has 4 aliphatic heterocycles. The number of carbonyl (C=O) groups is 12. The molecule has 14 atom stereocenters. The van der Waals surface area contributed by atoms with Crippen LogP contribution in [0.1, 0.15) is 195 Å². The molecule has 12 amide bonds. The summed E-state index contributed by atoms with van der Waals surface area (Å²) in [6, 6.07) is -11.9. The van der Waals surface area contributed by atoms with Gasteiger partial charge in [-0.25, -0.2) is 0 Å². The first-order valence-electron chi connectivity index (χ1n) is 40.1. The van der Waals surface area contributed by atoms with Gasteiger partial charge in [0.05, 0.1) is 37.0 Å². The van der Waals surface area contributed by atoms with Crippen molar-refractivity contribution in [2.75, 3.05) is 96.3 Å². The summed E-state index contributed by atoms with van der Waals surface area (Å²) in [5.74, 6) is -13.7. The predicted molar refractivity (Wildman–Crippen MR) is 394 cm³/mol. The number of likely N-dealkylation sites (N-methyl/N-ethyl adjacent to an activating group) is 7. The molecule has 3 saturated heterocycles. The number of ether oxygens (including phenoxy) is 2. The summed E-state index contributed by atoms with van der Waals surface area (Å²) in [4.78, 5) is 197. The van der Waals surface area contributed by atoms with Crippen molar-refractivity contribution in [1.29, 1.82) is 0 Å². The highest BCUT2D eigenvalue weighted by Gasteiger charge is 2.57. The zero-order valence-electron chi connectivity index (χ0n) is 66.8. The van der Waals surface area contributed by atoms with Crippen molar-refractivity contribution in [3.63, 3.8) is 0 Å². The SMILES string of the molecule is CCC[C@H]1C(=O)N[C@@H]([C@@H](C)CC)C(=O)N2CCC[C@H]2C(=O)N(C)[C@H]2C/C=C\CCN(C2=O)[C@@H](CC2CCC(C(F)(F)F)CC2)C(=O)N(C)CC(=O)N[C@@H](CCC2CCC(C(F)(F)F)C(OC)C2)C(=O)N2C[C@H](OCC)C[C@H]2C(=O)N(C)C2(CCC2)C(=O)N(C)[C@@H](C2CCCC2)C(=O)N(C)[C@H](C(=O)N(C)C)CC(=O)N1C. The summed E-state index contributed by atoms with van der Waals surface area (Å²) in [7, 11) is 12.6. The molecule has 4 heterocycles. The monoisotopic (exact) mass is 1560 g/mol. The van der Waals surface area contributed by atoms with Gasteiger partial charge in [-0.15, -0.1) is 0 Å². The normalized spacial score (nSPS) is 32.2. The average molecular weight is 1570 g/mol. The van der Waals surface area contributed by atoms with Crippen LogP contribution in [-0.2, 0) is 67.0 Å². The van der Waals surface area contributed by atoms with E-state index in [2.05, 4.69) is 10.6 Å². The van der Waals surface area contributed by atoms with E-state index in [0.717, 1.165) is 4.90 Å². The molecule has 8 aliphatic rings. The first-order chi connectivity index (χ1) is 51.9. The molecule has 3 unspecified atom stereocenters. The van der Waals surface area contributed by atoms with E-state index in [1.807, 2.05) is 6.92 Å². The fourth-order valence-electron chi connectivity index (χ4n) is 18.5. The third kappa shape index (κ3) is 20.1. The summed E-state index contributed by atoms with van der Waals surface area (Å²) >= 11 is 0. The Morgan fingerprint density at radius 2 is 1.29 bits per heavy atom. The Balaban J connectivity index is 1.22. The topological polar surface area (TPSA) is 280 Å². The quantitative estimate of drug-likeness (QED) is 0.135. The highest BCUT2D eigenvalue weighted by molar-refractivity contribution is 6.01. The van der Waals surface area contributed by atoms with Gasteiger partial charge in [0.25, 0.3) is 0 Å². The Labute approximate surface area is 644 Å². The first-order valence-corrected chi connectivity index (χ1v) is 40.1. The maximum atomic E-state index is 15.8. The van der Waals surface area contributed by atoms with Gasteiger partial charge in [0.1, 0.15) is 59.9 Å². The van der Waals surface area contributed by atoms with Crippen LogP contribution in [0.4, 0.5) is 26.3 Å². The third-order valence-electron chi connectivity index (χ3n) is 25.7. The molecule has 0 aromatic carbocycles. The van der Waals surface area contributed by atoms with Crippen LogP contribution in [0.2, 0.25) is 0 Å². The van der Waals surface area contributed by atoms with E-state index in [1.165, 1.54) is 108 Å². The molecule has 1 spiro atoms. The molecule has 2 N–H and O–H groups in total. The minimum Gasteiger partial charge on any atom is -0.381 e. The number of amides is 12. The van der Waals surface area contributed by atoms with Crippen LogP contribution in [0.3, 0.4) is 0 Å². The molecule has 2 bridgehead atoms. The highest BCUT2D eigenvalue weighted by Crippen LogP contribution is 2.46. The van der Waals surface area contributed by atoms with Gasteiger partial charge in [-0.2, -0.15) is 26.3 Å². The lowest BCUT2D eigenvalue weighted by atomic mass is 9.73. The second-order valence-electron chi connectivity index (χ2n) is 32.8. The first kappa shape index (κ1) is 88.4. The molecule has 26 nitrogen and oxygen atoms in total. The molecular weight excluding hydrogens is 1440 g/mol. The number of fused-ring (bicyclic) bond motifs is 4. The Morgan fingerprint density at radius 3 is 1.88 bits per heavy atom. The summed E-state index contributed by atoms with van der Waals surface area (Å²) in [5.41, 5.74) is -1.58. The molecule has 4 saturated carbocycles. The van der Waals surface area contributed by atoms with E-state index in [-0.39, 0.29) is 135 Å². The molecule has 7 fully saturated rings. The second-order valence-corrected chi connectivity index (χ2v) is 32.8. The van der Waals surface area contributed by atoms with Crippen LogP contribution in [0, 0.1) is 35.5 Å². The predicted octanol–water partition coefficient (Wildman–Crippen LogP) is 6.71. The molecule has 0 radical (unpaired) electrons. The van der Waals surface area contributed by atoms with E-state index >= 15 is 38.4 Å². The minimum absolute atomic E-state index is 0.0398. The summed E-state index contributed by atoms with van der Waals surface area (Å²) in [6.07, 6.45) is -4.38. The van der Waals surface area contributed by atoms with E-state index in [9.17, 15) is 45.5 Å². The lowest BCUT2D eigenvalue weighted by Crippen LogP contribution is -2.68. The van der Waals surface area contributed by atoms with E-state index < -0.39 is 204 Å². The molecule has 8 rings (SSSR count). The van der Waals surface area contributed by atoms with Gasteiger partial charge in [0.15, 0.2) is 0 Å². The number of hydrogen-bond donors (Lipinski definition) is 2. The van der Waals surface area contributed by atoms with Crippen LogP contribution in [0.25, 0.3) is 0 Å².